The van der Waals surface area contributed by atoms with Gasteiger partial charge in [0.25, 0.3) is 0 Å². The lowest BCUT2D eigenvalue weighted by Gasteiger charge is -2.30. The van der Waals surface area contributed by atoms with Gasteiger partial charge in [0.05, 0.1) is 17.5 Å². The summed E-state index contributed by atoms with van der Waals surface area (Å²) in [6, 6.07) is 2.79. The molecule has 0 aliphatic carbocycles. The van der Waals surface area contributed by atoms with Crippen LogP contribution in [-0.4, -0.2) is 26.4 Å². The fourth-order valence-electron chi connectivity index (χ4n) is 3.15. The first kappa shape index (κ1) is 16.9. The van der Waals surface area contributed by atoms with Crippen LogP contribution >= 0.6 is 11.6 Å². The van der Waals surface area contributed by atoms with Gasteiger partial charge >= 0.3 is 0 Å². The minimum absolute atomic E-state index is 0.0794. The Hall–Kier alpha value is -1.92. The zero-order valence-corrected chi connectivity index (χ0v) is 14.4. The van der Waals surface area contributed by atoms with Gasteiger partial charge in [0.1, 0.15) is 17.2 Å². The molecule has 4 nitrogen and oxygen atoms in total. The summed E-state index contributed by atoms with van der Waals surface area (Å²) in [5.74, 6) is -1.30. The Balaban J connectivity index is 2.21. The van der Waals surface area contributed by atoms with Crippen molar-refractivity contribution in [2.75, 3.05) is 0 Å². The Labute approximate surface area is 143 Å². The molecule has 1 aliphatic heterocycles. The summed E-state index contributed by atoms with van der Waals surface area (Å²) in [7, 11) is 0. The van der Waals surface area contributed by atoms with E-state index in [-0.39, 0.29) is 22.2 Å². The van der Waals surface area contributed by atoms with E-state index >= 15 is 0 Å². The molecule has 0 amide bonds. The quantitative estimate of drug-likeness (QED) is 0.824. The average Bonchev–Trinajstić information content (AvgIpc) is 2.74. The summed E-state index contributed by atoms with van der Waals surface area (Å²) >= 11 is 5.72. The average molecular weight is 352 g/mol. The molecule has 2 heterocycles. The van der Waals surface area contributed by atoms with E-state index in [1.165, 1.54) is 0 Å². The highest BCUT2D eigenvalue weighted by Gasteiger charge is 2.43. The monoisotopic (exact) mass is 351 g/mol. The maximum Gasteiger partial charge on any atom is 0.223 e. The summed E-state index contributed by atoms with van der Waals surface area (Å²) in [6.07, 6.45) is 0.944. The standard InChI is InChI=1S/C17H16ClF2N3O/c1-16(2)9-5-8(12-11(20)7-21-15(18)23-12)6-10(19)13(9)22-14(16)17(3,4)24/h5-7,24H,1-4H3. The molecule has 0 atom stereocenters. The number of aliphatic hydroxyl groups is 1. The van der Waals surface area contributed by atoms with Gasteiger partial charge in [0.15, 0.2) is 5.82 Å². The molecule has 1 aliphatic rings. The van der Waals surface area contributed by atoms with Gasteiger partial charge in [-0.25, -0.2) is 18.7 Å². The second kappa shape index (κ2) is 5.29. The second-order valence-electron chi connectivity index (χ2n) is 6.83. The maximum atomic E-state index is 14.6. The van der Waals surface area contributed by atoms with E-state index in [9.17, 15) is 13.9 Å². The highest BCUT2D eigenvalue weighted by Crippen LogP contribution is 2.46. The van der Waals surface area contributed by atoms with Crippen LogP contribution in [0.15, 0.2) is 23.3 Å². The molecule has 1 aromatic heterocycles. The largest absolute Gasteiger partial charge is 0.384 e. The smallest absolute Gasteiger partial charge is 0.223 e. The Morgan fingerprint density at radius 2 is 1.83 bits per heavy atom. The third kappa shape index (κ3) is 2.59. The first-order chi connectivity index (χ1) is 11.0. The van der Waals surface area contributed by atoms with Crippen LogP contribution in [0, 0.1) is 11.6 Å². The summed E-state index contributed by atoms with van der Waals surface area (Å²) < 4.78 is 28.6. The van der Waals surface area contributed by atoms with E-state index < -0.39 is 22.7 Å². The molecule has 1 N–H and O–H groups in total. The van der Waals surface area contributed by atoms with Crippen molar-refractivity contribution in [2.45, 2.75) is 38.7 Å². The van der Waals surface area contributed by atoms with Gasteiger partial charge < -0.3 is 5.11 Å². The number of rotatable bonds is 2. The van der Waals surface area contributed by atoms with Gasteiger partial charge in [0.2, 0.25) is 5.28 Å². The molecule has 0 fully saturated rings. The maximum absolute atomic E-state index is 14.6. The SMILES string of the molecule is CC(C)(O)C1=Nc2c(F)cc(-c3nc(Cl)ncc3F)cc2C1(C)C. The molecule has 0 unspecified atom stereocenters. The van der Waals surface area contributed by atoms with E-state index in [4.69, 9.17) is 11.6 Å². The normalized spacial score (nSPS) is 16.1. The topological polar surface area (TPSA) is 58.4 Å². The Morgan fingerprint density at radius 3 is 2.46 bits per heavy atom. The van der Waals surface area contributed by atoms with Crippen LogP contribution in [0.25, 0.3) is 11.3 Å². The van der Waals surface area contributed by atoms with Crippen molar-refractivity contribution < 1.29 is 13.9 Å². The van der Waals surface area contributed by atoms with Crippen LogP contribution in [0.2, 0.25) is 5.28 Å². The Kier molecular flexibility index (Phi) is 3.73. The fourth-order valence-corrected chi connectivity index (χ4v) is 3.29. The van der Waals surface area contributed by atoms with Crippen molar-refractivity contribution in [1.82, 2.24) is 9.97 Å². The summed E-state index contributed by atoms with van der Waals surface area (Å²) in [5.41, 5.74) is -0.596. The van der Waals surface area contributed by atoms with Gasteiger partial charge in [0, 0.05) is 11.0 Å². The van der Waals surface area contributed by atoms with Crippen molar-refractivity contribution in [3.8, 4) is 11.3 Å². The number of nitrogens with zero attached hydrogens (tertiary/aromatic N) is 3. The number of hydrogen-bond acceptors (Lipinski definition) is 4. The highest BCUT2D eigenvalue weighted by atomic mass is 35.5. The molecule has 24 heavy (non-hydrogen) atoms. The van der Waals surface area contributed by atoms with Crippen LogP contribution in [0.5, 0.6) is 0 Å². The van der Waals surface area contributed by atoms with Gasteiger partial charge in [-0.05, 0) is 43.1 Å². The molecule has 126 valence electrons. The fraction of sp³-hybridized carbons (Fsp3) is 0.353. The Bertz CT molecular complexity index is 873. The van der Waals surface area contributed by atoms with Gasteiger partial charge in [-0.3, -0.25) is 4.99 Å². The summed E-state index contributed by atoms with van der Waals surface area (Å²) in [4.78, 5) is 11.7. The van der Waals surface area contributed by atoms with Crippen LogP contribution < -0.4 is 0 Å². The van der Waals surface area contributed by atoms with Crippen LogP contribution in [0.4, 0.5) is 14.5 Å². The molecular weight excluding hydrogens is 336 g/mol. The van der Waals surface area contributed by atoms with E-state index in [0.29, 0.717) is 11.3 Å². The van der Waals surface area contributed by atoms with Crippen molar-refractivity contribution >= 4 is 23.0 Å². The van der Waals surface area contributed by atoms with E-state index in [0.717, 1.165) is 12.3 Å². The lowest BCUT2D eigenvalue weighted by atomic mass is 9.75. The van der Waals surface area contributed by atoms with Crippen molar-refractivity contribution in [3.63, 3.8) is 0 Å². The Morgan fingerprint density at radius 1 is 1.17 bits per heavy atom. The van der Waals surface area contributed by atoms with Crippen molar-refractivity contribution in [3.05, 3.63) is 40.8 Å². The first-order valence-electron chi connectivity index (χ1n) is 7.36. The molecule has 0 spiro atoms. The van der Waals surface area contributed by atoms with Crippen LogP contribution in [0.3, 0.4) is 0 Å². The number of halogens is 3. The van der Waals surface area contributed by atoms with Crippen molar-refractivity contribution in [2.24, 2.45) is 4.99 Å². The van der Waals surface area contributed by atoms with Crippen LogP contribution in [-0.2, 0) is 5.41 Å². The molecule has 3 rings (SSSR count). The lowest BCUT2D eigenvalue weighted by Crippen LogP contribution is -2.42. The van der Waals surface area contributed by atoms with E-state index in [1.54, 1.807) is 19.9 Å². The van der Waals surface area contributed by atoms with E-state index in [2.05, 4.69) is 15.0 Å². The number of aromatic nitrogens is 2. The summed E-state index contributed by atoms with van der Waals surface area (Å²) in [5, 5.41) is 10.2. The van der Waals surface area contributed by atoms with Gasteiger partial charge in [-0.2, -0.15) is 0 Å². The molecule has 7 heteroatoms. The molecular formula is C17H16ClF2N3O. The predicted molar refractivity (Wildman–Crippen MR) is 88.8 cm³/mol. The van der Waals surface area contributed by atoms with Crippen molar-refractivity contribution in [1.29, 1.82) is 0 Å². The molecule has 2 aromatic rings. The molecule has 0 bridgehead atoms. The lowest BCUT2D eigenvalue weighted by molar-refractivity contribution is 0.147. The highest BCUT2D eigenvalue weighted by molar-refractivity contribution is 6.28. The van der Waals surface area contributed by atoms with Gasteiger partial charge in [-0.15, -0.1) is 0 Å². The second-order valence-corrected chi connectivity index (χ2v) is 7.17. The summed E-state index contributed by atoms with van der Waals surface area (Å²) in [6.45, 7) is 6.87. The number of benzene rings is 1. The minimum Gasteiger partial charge on any atom is -0.384 e. The molecule has 0 radical (unpaired) electrons. The van der Waals surface area contributed by atoms with Gasteiger partial charge in [-0.1, -0.05) is 13.8 Å². The molecule has 0 saturated heterocycles. The molecule has 0 saturated carbocycles. The predicted octanol–water partition coefficient (Wildman–Crippen LogP) is 4.21. The number of hydrogen-bond donors (Lipinski definition) is 1. The van der Waals surface area contributed by atoms with Crippen LogP contribution in [0.1, 0.15) is 33.3 Å². The van der Waals surface area contributed by atoms with E-state index in [1.807, 2.05) is 13.8 Å². The third-order valence-electron chi connectivity index (χ3n) is 4.12. The molecule has 1 aromatic carbocycles. The first-order valence-corrected chi connectivity index (χ1v) is 7.74. The minimum atomic E-state index is -1.21. The number of fused-ring (bicyclic) bond motifs is 1. The zero-order valence-electron chi connectivity index (χ0n) is 13.7. The third-order valence-corrected chi connectivity index (χ3v) is 4.30. The number of aliphatic imine (C=N–C) groups is 1. The zero-order chi connectivity index (χ0) is 17.9.